The first-order chi connectivity index (χ1) is 7.82. The molecule has 1 aromatic rings. The second kappa shape index (κ2) is 4.91. The van der Waals surface area contributed by atoms with Gasteiger partial charge in [0.2, 0.25) is 5.78 Å². The highest BCUT2D eigenvalue weighted by molar-refractivity contribution is 6.37. The molecule has 1 rings (SSSR count). The largest absolute Gasteiger partial charge is 0.475 e. The van der Waals surface area contributed by atoms with Crippen molar-refractivity contribution in [2.75, 3.05) is 0 Å². The molecule has 17 heavy (non-hydrogen) atoms. The first-order valence-corrected chi connectivity index (χ1v) is 5.20. The van der Waals surface area contributed by atoms with E-state index in [0.29, 0.717) is 5.56 Å². The molecule has 90 valence electrons. The minimum atomic E-state index is -1.57. The molecular weight excluding hydrogens is 220 g/mol. The molecule has 0 heterocycles. The maximum absolute atomic E-state index is 11.8. The third-order valence-electron chi connectivity index (χ3n) is 2.52. The van der Waals surface area contributed by atoms with Crippen LogP contribution in [0.25, 0.3) is 0 Å². The molecule has 0 fully saturated rings. The molecule has 0 atom stereocenters. The van der Waals surface area contributed by atoms with Gasteiger partial charge in [-0.3, -0.25) is 9.59 Å². The van der Waals surface area contributed by atoms with E-state index in [1.54, 1.807) is 13.8 Å². The van der Waals surface area contributed by atoms with Gasteiger partial charge in [-0.05, 0) is 31.9 Å². The predicted octanol–water partition coefficient (Wildman–Crippen LogP) is 1.84. The minimum Gasteiger partial charge on any atom is -0.475 e. The van der Waals surface area contributed by atoms with E-state index in [2.05, 4.69) is 0 Å². The average molecular weight is 234 g/mol. The van der Waals surface area contributed by atoms with E-state index < -0.39 is 24.0 Å². The van der Waals surface area contributed by atoms with Gasteiger partial charge in [0.05, 0.1) is 6.42 Å². The second-order valence-electron chi connectivity index (χ2n) is 4.10. The molecule has 0 aliphatic rings. The van der Waals surface area contributed by atoms with Crippen LogP contribution in [0.4, 0.5) is 0 Å². The van der Waals surface area contributed by atoms with E-state index in [4.69, 9.17) is 5.11 Å². The Kier molecular flexibility index (Phi) is 3.78. The van der Waals surface area contributed by atoms with E-state index in [0.717, 1.165) is 16.7 Å². The van der Waals surface area contributed by atoms with Crippen LogP contribution in [0.1, 0.15) is 33.5 Å². The fourth-order valence-electron chi connectivity index (χ4n) is 1.93. The summed E-state index contributed by atoms with van der Waals surface area (Å²) < 4.78 is 0. The fraction of sp³-hybridized carbons (Fsp3) is 0.308. The molecule has 4 nitrogen and oxygen atoms in total. The Morgan fingerprint density at radius 2 is 1.53 bits per heavy atom. The summed E-state index contributed by atoms with van der Waals surface area (Å²) in [5.74, 6) is -3.08. The van der Waals surface area contributed by atoms with Crippen molar-refractivity contribution in [3.63, 3.8) is 0 Å². The Bertz CT molecular complexity index is 477. The van der Waals surface area contributed by atoms with Gasteiger partial charge in [0.25, 0.3) is 0 Å². The van der Waals surface area contributed by atoms with Crippen LogP contribution in [-0.4, -0.2) is 22.6 Å². The van der Waals surface area contributed by atoms with Crippen LogP contribution in [0.15, 0.2) is 12.1 Å². The number of hydrogen-bond acceptors (Lipinski definition) is 3. The Labute approximate surface area is 99.3 Å². The molecule has 0 aromatic heterocycles. The van der Waals surface area contributed by atoms with Crippen molar-refractivity contribution in [3.05, 3.63) is 34.4 Å². The second-order valence-corrected chi connectivity index (χ2v) is 4.10. The molecule has 0 aliphatic heterocycles. The van der Waals surface area contributed by atoms with E-state index in [1.165, 1.54) is 0 Å². The van der Waals surface area contributed by atoms with Crippen molar-refractivity contribution in [2.45, 2.75) is 27.2 Å². The number of benzene rings is 1. The third kappa shape index (κ3) is 3.00. The Morgan fingerprint density at radius 1 is 1.06 bits per heavy atom. The van der Waals surface area contributed by atoms with Crippen molar-refractivity contribution in [3.8, 4) is 0 Å². The van der Waals surface area contributed by atoms with Crippen LogP contribution < -0.4 is 0 Å². The summed E-state index contributed by atoms with van der Waals surface area (Å²) in [6, 6.07) is 3.68. The summed E-state index contributed by atoms with van der Waals surface area (Å²) in [5.41, 5.74) is 3.02. The van der Waals surface area contributed by atoms with E-state index >= 15 is 0 Å². The summed E-state index contributed by atoms with van der Waals surface area (Å²) >= 11 is 0. The normalized spacial score (nSPS) is 10.1. The van der Waals surface area contributed by atoms with Crippen LogP contribution in [0.2, 0.25) is 0 Å². The predicted molar refractivity (Wildman–Crippen MR) is 62.2 cm³/mol. The number of hydrogen-bond donors (Lipinski definition) is 1. The highest BCUT2D eigenvalue weighted by atomic mass is 16.4. The molecule has 1 aromatic carbocycles. The molecular formula is C13H14O4. The van der Waals surface area contributed by atoms with Crippen LogP contribution in [0.5, 0.6) is 0 Å². The van der Waals surface area contributed by atoms with Gasteiger partial charge in [0.15, 0.2) is 5.78 Å². The summed E-state index contributed by atoms with van der Waals surface area (Å²) in [6.45, 7) is 5.47. The SMILES string of the molecule is Cc1cc(C)c(C(=O)CC(=O)C(=O)O)c(C)c1. The van der Waals surface area contributed by atoms with Crippen LogP contribution >= 0.6 is 0 Å². The van der Waals surface area contributed by atoms with Crippen LogP contribution in [0, 0.1) is 20.8 Å². The molecule has 0 radical (unpaired) electrons. The number of carboxylic acids is 1. The quantitative estimate of drug-likeness (QED) is 0.490. The first kappa shape index (κ1) is 13.1. The number of carbonyl (C=O) groups excluding carboxylic acids is 2. The molecule has 4 heteroatoms. The number of carboxylic acid groups (broad SMARTS) is 1. The van der Waals surface area contributed by atoms with Crippen LogP contribution in [0.3, 0.4) is 0 Å². The Hall–Kier alpha value is -1.97. The van der Waals surface area contributed by atoms with Gasteiger partial charge in [-0.2, -0.15) is 0 Å². The highest BCUT2D eigenvalue weighted by Gasteiger charge is 2.20. The lowest BCUT2D eigenvalue weighted by Crippen LogP contribution is -2.18. The number of aryl methyl sites for hydroxylation is 3. The molecule has 0 aliphatic carbocycles. The lowest BCUT2D eigenvalue weighted by molar-refractivity contribution is -0.148. The van der Waals surface area contributed by atoms with Crippen molar-refractivity contribution >= 4 is 17.5 Å². The Morgan fingerprint density at radius 3 is 1.94 bits per heavy atom. The fourth-order valence-corrected chi connectivity index (χ4v) is 1.93. The van der Waals surface area contributed by atoms with Gasteiger partial charge < -0.3 is 5.11 Å². The van der Waals surface area contributed by atoms with Gasteiger partial charge in [0.1, 0.15) is 0 Å². The zero-order valence-electron chi connectivity index (χ0n) is 10.0. The molecule has 0 saturated carbocycles. The summed E-state index contributed by atoms with van der Waals surface area (Å²) in [5, 5.41) is 8.46. The van der Waals surface area contributed by atoms with Gasteiger partial charge in [-0.1, -0.05) is 17.7 Å². The molecule has 0 bridgehead atoms. The number of ketones is 2. The summed E-state index contributed by atoms with van der Waals surface area (Å²) in [7, 11) is 0. The number of rotatable bonds is 4. The van der Waals surface area contributed by atoms with E-state index in [-0.39, 0.29) is 0 Å². The van der Waals surface area contributed by atoms with E-state index in [9.17, 15) is 14.4 Å². The third-order valence-corrected chi connectivity index (χ3v) is 2.52. The summed E-state index contributed by atoms with van der Waals surface area (Å²) in [4.78, 5) is 33.2. The smallest absolute Gasteiger partial charge is 0.372 e. The van der Waals surface area contributed by atoms with Crippen molar-refractivity contribution in [2.24, 2.45) is 0 Å². The lowest BCUT2D eigenvalue weighted by Gasteiger charge is -2.09. The van der Waals surface area contributed by atoms with Gasteiger partial charge in [-0.25, -0.2) is 4.79 Å². The van der Waals surface area contributed by atoms with Gasteiger partial charge in [-0.15, -0.1) is 0 Å². The number of aliphatic carboxylic acids is 1. The van der Waals surface area contributed by atoms with Gasteiger partial charge in [0, 0.05) is 5.56 Å². The first-order valence-electron chi connectivity index (χ1n) is 5.20. The lowest BCUT2D eigenvalue weighted by atomic mass is 9.94. The molecule has 0 amide bonds. The Balaban J connectivity index is 3.05. The molecule has 0 spiro atoms. The zero-order valence-corrected chi connectivity index (χ0v) is 10.0. The standard InChI is InChI=1S/C13H14O4/c1-7-4-8(2)12(9(3)5-7)10(14)6-11(15)13(16)17/h4-5H,6H2,1-3H3,(H,16,17). The summed E-state index contributed by atoms with van der Waals surface area (Å²) in [6.07, 6.45) is -0.583. The maximum Gasteiger partial charge on any atom is 0.372 e. The van der Waals surface area contributed by atoms with Crippen molar-refractivity contribution in [1.29, 1.82) is 0 Å². The van der Waals surface area contributed by atoms with Crippen LogP contribution in [-0.2, 0) is 9.59 Å². The van der Waals surface area contributed by atoms with Crippen molar-refractivity contribution in [1.82, 2.24) is 0 Å². The molecule has 1 N–H and O–H groups in total. The molecule has 0 saturated heterocycles. The minimum absolute atomic E-state index is 0.438. The number of carbonyl (C=O) groups is 3. The average Bonchev–Trinajstić information content (AvgIpc) is 2.15. The zero-order chi connectivity index (χ0) is 13.2. The molecule has 0 unspecified atom stereocenters. The van der Waals surface area contributed by atoms with E-state index in [1.807, 2.05) is 19.1 Å². The topological polar surface area (TPSA) is 71.4 Å². The monoisotopic (exact) mass is 234 g/mol. The highest BCUT2D eigenvalue weighted by Crippen LogP contribution is 2.18. The number of Topliss-reactive ketones (excluding diaryl/α,β-unsaturated/α-hetero) is 2. The van der Waals surface area contributed by atoms with Crippen molar-refractivity contribution < 1.29 is 19.5 Å². The van der Waals surface area contributed by atoms with Gasteiger partial charge >= 0.3 is 5.97 Å². The maximum atomic E-state index is 11.8.